The van der Waals surface area contributed by atoms with Gasteiger partial charge in [-0.2, -0.15) is 10.0 Å². The molecular formula is C26H36N6O3. The first kappa shape index (κ1) is 25.1. The van der Waals surface area contributed by atoms with E-state index in [2.05, 4.69) is 47.5 Å². The van der Waals surface area contributed by atoms with E-state index in [4.69, 9.17) is 14.5 Å². The lowest BCUT2D eigenvalue weighted by molar-refractivity contribution is 0.0685. The lowest BCUT2D eigenvalue weighted by Crippen LogP contribution is -2.29. The van der Waals surface area contributed by atoms with Crippen molar-refractivity contribution >= 4 is 16.7 Å². The second-order valence-electron chi connectivity index (χ2n) is 9.54. The zero-order chi connectivity index (χ0) is 24.8. The Morgan fingerprint density at radius 3 is 2.80 bits per heavy atom. The first-order chi connectivity index (χ1) is 17.0. The van der Waals surface area contributed by atoms with Gasteiger partial charge in [-0.25, -0.2) is 9.67 Å². The fourth-order valence-electron chi connectivity index (χ4n) is 4.56. The normalized spacial score (nSPS) is 15.5. The maximum absolute atomic E-state index is 11.0. The van der Waals surface area contributed by atoms with Crippen molar-refractivity contribution in [2.45, 2.75) is 38.8 Å². The molecule has 0 unspecified atom stereocenters. The minimum atomic E-state index is -0.441. The SMILES string of the molecule is CNC[C@@H](COc1cccc(-c2cc(N(C)CC3CCOCC3)c3cnn(C(C)C)c3n2)c1)N=O. The number of likely N-dealkylation sites (N-methyl/N-ethyl adjacent to an activating group) is 1. The minimum absolute atomic E-state index is 0.193. The molecule has 1 atom stereocenters. The van der Waals surface area contributed by atoms with Gasteiger partial charge in [0, 0.05) is 45.0 Å². The molecule has 1 aliphatic rings. The Bertz CT molecular complexity index is 1130. The molecule has 1 aromatic carbocycles. The molecule has 3 aromatic rings. The summed E-state index contributed by atoms with van der Waals surface area (Å²) >= 11 is 0. The average Bonchev–Trinajstić information content (AvgIpc) is 3.31. The number of nitroso groups, excluding NO2 is 1. The van der Waals surface area contributed by atoms with Crippen LogP contribution in [0.3, 0.4) is 0 Å². The number of rotatable bonds is 11. The van der Waals surface area contributed by atoms with Gasteiger partial charge in [-0.15, -0.1) is 0 Å². The number of benzene rings is 1. The quantitative estimate of drug-likeness (QED) is 0.410. The molecule has 4 rings (SSSR count). The molecule has 1 saturated heterocycles. The number of hydrogen-bond acceptors (Lipinski definition) is 8. The topological polar surface area (TPSA) is 93.9 Å². The van der Waals surface area contributed by atoms with Gasteiger partial charge in [0.25, 0.3) is 0 Å². The third kappa shape index (κ3) is 5.97. The monoisotopic (exact) mass is 480 g/mol. The number of anilines is 1. The van der Waals surface area contributed by atoms with Crippen LogP contribution in [-0.4, -0.2) is 67.8 Å². The van der Waals surface area contributed by atoms with Crippen molar-refractivity contribution in [3.8, 4) is 17.0 Å². The molecule has 0 bridgehead atoms. The molecule has 3 heterocycles. The van der Waals surface area contributed by atoms with Crippen molar-refractivity contribution in [2.75, 3.05) is 51.9 Å². The molecule has 188 valence electrons. The van der Waals surface area contributed by atoms with Crippen molar-refractivity contribution in [3.63, 3.8) is 0 Å². The first-order valence-corrected chi connectivity index (χ1v) is 12.4. The molecule has 0 radical (unpaired) electrons. The second-order valence-corrected chi connectivity index (χ2v) is 9.54. The Labute approximate surface area is 206 Å². The van der Waals surface area contributed by atoms with Gasteiger partial charge in [0.05, 0.1) is 23.0 Å². The molecule has 0 spiro atoms. The van der Waals surface area contributed by atoms with Gasteiger partial charge in [0.15, 0.2) is 5.65 Å². The van der Waals surface area contributed by atoms with E-state index >= 15 is 0 Å². The van der Waals surface area contributed by atoms with Crippen LogP contribution in [0.5, 0.6) is 5.75 Å². The molecule has 9 heteroatoms. The Morgan fingerprint density at radius 2 is 2.09 bits per heavy atom. The largest absolute Gasteiger partial charge is 0.491 e. The van der Waals surface area contributed by atoms with E-state index in [-0.39, 0.29) is 12.6 Å². The summed E-state index contributed by atoms with van der Waals surface area (Å²) in [5.41, 5.74) is 3.80. The molecule has 0 amide bonds. The summed E-state index contributed by atoms with van der Waals surface area (Å²) in [6.07, 6.45) is 4.09. The van der Waals surface area contributed by atoms with E-state index in [1.54, 1.807) is 7.05 Å². The summed E-state index contributed by atoms with van der Waals surface area (Å²) in [4.78, 5) is 18.4. The molecule has 35 heavy (non-hydrogen) atoms. The highest BCUT2D eigenvalue weighted by Crippen LogP contribution is 2.33. The standard InChI is InChI=1S/C26H36N6O3/c1-18(2)32-26-23(15-28-32)25(31(4)16-19-8-10-34-11-9-19)13-24(29-26)20-6-5-7-22(12-20)35-17-21(30-33)14-27-3/h5-7,12-13,15,18-19,21,27H,8-11,14,16-17H2,1-4H3/t21-/m0/s1. The van der Waals surface area contributed by atoms with E-state index < -0.39 is 6.04 Å². The lowest BCUT2D eigenvalue weighted by Gasteiger charge is -2.29. The van der Waals surface area contributed by atoms with Gasteiger partial charge in [-0.05, 0) is 57.9 Å². The van der Waals surface area contributed by atoms with Gasteiger partial charge in [0.2, 0.25) is 0 Å². The predicted molar refractivity (Wildman–Crippen MR) is 139 cm³/mol. The Morgan fingerprint density at radius 1 is 1.29 bits per heavy atom. The third-order valence-electron chi connectivity index (χ3n) is 6.48. The molecule has 2 aromatic heterocycles. The maximum atomic E-state index is 11.0. The van der Waals surface area contributed by atoms with Crippen LogP contribution in [0.15, 0.2) is 41.7 Å². The van der Waals surface area contributed by atoms with Crippen molar-refractivity contribution in [3.05, 3.63) is 41.4 Å². The smallest absolute Gasteiger partial charge is 0.160 e. The number of hydrogen-bond donors (Lipinski definition) is 1. The van der Waals surface area contributed by atoms with Crippen LogP contribution < -0.4 is 15.0 Å². The van der Waals surface area contributed by atoms with E-state index in [0.29, 0.717) is 18.2 Å². The fourth-order valence-corrected chi connectivity index (χ4v) is 4.56. The van der Waals surface area contributed by atoms with Gasteiger partial charge in [-0.3, -0.25) is 0 Å². The van der Waals surface area contributed by atoms with Crippen molar-refractivity contribution < 1.29 is 9.47 Å². The molecule has 1 N–H and O–H groups in total. The summed E-state index contributed by atoms with van der Waals surface area (Å²) in [5, 5.41) is 11.8. The van der Waals surface area contributed by atoms with Gasteiger partial charge in [-0.1, -0.05) is 17.3 Å². The van der Waals surface area contributed by atoms with E-state index in [1.165, 1.54) is 0 Å². The van der Waals surface area contributed by atoms with Crippen LogP contribution in [0.4, 0.5) is 5.69 Å². The average molecular weight is 481 g/mol. The van der Waals surface area contributed by atoms with Crippen LogP contribution in [0.2, 0.25) is 0 Å². The number of aromatic nitrogens is 3. The lowest BCUT2D eigenvalue weighted by atomic mass is 9.99. The van der Waals surface area contributed by atoms with E-state index in [0.717, 1.165) is 60.6 Å². The van der Waals surface area contributed by atoms with Crippen LogP contribution in [0.1, 0.15) is 32.7 Å². The molecule has 1 fully saturated rings. The van der Waals surface area contributed by atoms with Crippen molar-refractivity contribution in [1.29, 1.82) is 0 Å². The zero-order valence-electron chi connectivity index (χ0n) is 21.1. The molecular weight excluding hydrogens is 444 g/mol. The van der Waals surface area contributed by atoms with E-state index in [9.17, 15) is 4.91 Å². The van der Waals surface area contributed by atoms with E-state index in [1.807, 2.05) is 35.1 Å². The third-order valence-corrected chi connectivity index (χ3v) is 6.48. The molecule has 9 nitrogen and oxygen atoms in total. The number of fused-ring (bicyclic) bond motifs is 1. The number of pyridine rings is 1. The maximum Gasteiger partial charge on any atom is 0.160 e. The van der Waals surface area contributed by atoms with Crippen LogP contribution >= 0.6 is 0 Å². The summed E-state index contributed by atoms with van der Waals surface area (Å²) in [7, 11) is 3.94. The minimum Gasteiger partial charge on any atom is -0.491 e. The zero-order valence-corrected chi connectivity index (χ0v) is 21.1. The Kier molecular flexibility index (Phi) is 8.30. The van der Waals surface area contributed by atoms with Crippen LogP contribution in [0, 0.1) is 10.8 Å². The molecule has 0 saturated carbocycles. The van der Waals surface area contributed by atoms with Gasteiger partial charge < -0.3 is 19.7 Å². The predicted octanol–water partition coefficient (Wildman–Crippen LogP) is 4.28. The fraction of sp³-hybridized carbons (Fsp3) is 0.538. The second kappa shape index (κ2) is 11.6. The molecule has 0 aliphatic carbocycles. The summed E-state index contributed by atoms with van der Waals surface area (Å²) in [6, 6.07) is 9.73. The number of ether oxygens (including phenoxy) is 2. The van der Waals surface area contributed by atoms with Gasteiger partial charge in [0.1, 0.15) is 18.4 Å². The number of nitrogens with one attached hydrogen (secondary N) is 1. The first-order valence-electron chi connectivity index (χ1n) is 12.4. The highest BCUT2D eigenvalue weighted by Gasteiger charge is 2.20. The molecule has 1 aliphatic heterocycles. The Hall–Kier alpha value is -3.04. The highest BCUT2D eigenvalue weighted by atomic mass is 16.5. The summed E-state index contributed by atoms with van der Waals surface area (Å²) in [5.74, 6) is 1.29. The van der Waals surface area contributed by atoms with Crippen LogP contribution in [0.25, 0.3) is 22.3 Å². The summed E-state index contributed by atoms with van der Waals surface area (Å²) in [6.45, 7) is 7.56. The number of nitrogens with zero attached hydrogens (tertiary/aromatic N) is 5. The van der Waals surface area contributed by atoms with Crippen LogP contribution in [-0.2, 0) is 4.74 Å². The van der Waals surface area contributed by atoms with Crippen molar-refractivity contribution in [1.82, 2.24) is 20.1 Å². The Balaban J connectivity index is 1.67. The van der Waals surface area contributed by atoms with Gasteiger partial charge >= 0.3 is 0 Å². The summed E-state index contributed by atoms with van der Waals surface area (Å²) < 4.78 is 13.4. The highest BCUT2D eigenvalue weighted by molar-refractivity contribution is 5.92. The van der Waals surface area contributed by atoms with Crippen molar-refractivity contribution in [2.24, 2.45) is 11.1 Å².